The maximum atomic E-state index is 8.42. The number of amidine groups is 1. The number of hydrogen-bond acceptors (Lipinski definition) is 3. The normalized spacial score (nSPS) is 18.9. The van der Waals surface area contributed by atoms with Gasteiger partial charge in [-0.05, 0) is 32.4 Å². The lowest BCUT2D eigenvalue weighted by atomic mass is 10.2. The third-order valence-corrected chi connectivity index (χ3v) is 3.25. The fraction of sp³-hybridized carbons (Fsp3) is 0.909. The van der Waals surface area contributed by atoms with Gasteiger partial charge in [-0.2, -0.15) is 0 Å². The topological polar surface area (TPSA) is 61.8 Å². The van der Waals surface area contributed by atoms with E-state index in [4.69, 9.17) is 10.9 Å². The Balaban J connectivity index is 2.21. The third kappa shape index (κ3) is 4.08. The molecule has 1 saturated carbocycles. The van der Waals surface area contributed by atoms with E-state index in [1.165, 1.54) is 25.7 Å². The first kappa shape index (κ1) is 12.3. The highest BCUT2D eigenvalue weighted by molar-refractivity contribution is 5.79. The number of nitrogens with zero attached hydrogens (tertiary/aromatic N) is 2. The molecule has 0 spiro atoms. The minimum absolute atomic E-state index is 0.345. The van der Waals surface area contributed by atoms with Gasteiger partial charge in [-0.1, -0.05) is 24.9 Å². The smallest absolute Gasteiger partial charge is 0.139 e. The van der Waals surface area contributed by atoms with Crippen LogP contribution in [0.2, 0.25) is 0 Å². The molecule has 1 aliphatic rings. The van der Waals surface area contributed by atoms with Crippen molar-refractivity contribution >= 4 is 5.84 Å². The van der Waals surface area contributed by atoms with Gasteiger partial charge in [0.15, 0.2) is 0 Å². The van der Waals surface area contributed by atoms with Crippen LogP contribution in [0.1, 0.15) is 45.4 Å². The number of hydrogen-bond donors (Lipinski definition) is 2. The summed E-state index contributed by atoms with van der Waals surface area (Å²) in [5, 5.41) is 11.4. The van der Waals surface area contributed by atoms with E-state index in [9.17, 15) is 0 Å². The van der Waals surface area contributed by atoms with E-state index in [0.717, 1.165) is 25.6 Å². The maximum absolute atomic E-state index is 8.42. The molecule has 0 bridgehead atoms. The quantitative estimate of drug-likeness (QED) is 0.306. The number of nitrogens with two attached hydrogens (primary N) is 1. The monoisotopic (exact) mass is 213 g/mol. The second kappa shape index (κ2) is 6.67. The van der Waals surface area contributed by atoms with Crippen molar-refractivity contribution in [1.82, 2.24) is 4.90 Å². The molecule has 88 valence electrons. The molecule has 0 aromatic rings. The predicted octanol–water partition coefficient (Wildman–Crippen LogP) is 1.78. The van der Waals surface area contributed by atoms with Gasteiger partial charge in [0.1, 0.15) is 5.84 Å². The summed E-state index contributed by atoms with van der Waals surface area (Å²) in [7, 11) is 0. The van der Waals surface area contributed by atoms with Crippen LogP contribution < -0.4 is 5.73 Å². The maximum Gasteiger partial charge on any atom is 0.139 e. The van der Waals surface area contributed by atoms with Crippen LogP contribution in [0, 0.1) is 0 Å². The van der Waals surface area contributed by atoms with Crippen LogP contribution in [-0.4, -0.2) is 35.1 Å². The van der Waals surface area contributed by atoms with Gasteiger partial charge < -0.3 is 15.8 Å². The van der Waals surface area contributed by atoms with Gasteiger partial charge in [0.25, 0.3) is 0 Å². The minimum Gasteiger partial charge on any atom is -0.409 e. The average molecular weight is 213 g/mol. The SMILES string of the molecule is CCN(CCC/C(N)=N/O)C1CCCC1. The molecule has 0 unspecified atom stereocenters. The van der Waals surface area contributed by atoms with Crippen LogP contribution in [0.4, 0.5) is 0 Å². The Labute approximate surface area is 92.1 Å². The van der Waals surface area contributed by atoms with Gasteiger partial charge in [-0.3, -0.25) is 0 Å². The molecule has 0 aromatic heterocycles. The molecule has 0 atom stereocenters. The second-order valence-electron chi connectivity index (χ2n) is 4.26. The summed E-state index contributed by atoms with van der Waals surface area (Å²) >= 11 is 0. The van der Waals surface area contributed by atoms with E-state index < -0.39 is 0 Å². The molecule has 0 amide bonds. The lowest BCUT2D eigenvalue weighted by molar-refractivity contribution is 0.207. The van der Waals surface area contributed by atoms with Crippen LogP contribution in [0.5, 0.6) is 0 Å². The molecule has 4 heteroatoms. The molecule has 4 nitrogen and oxygen atoms in total. The lowest BCUT2D eigenvalue weighted by Gasteiger charge is -2.27. The minimum atomic E-state index is 0.345. The Hall–Kier alpha value is -0.770. The summed E-state index contributed by atoms with van der Waals surface area (Å²) in [5.41, 5.74) is 5.44. The summed E-state index contributed by atoms with van der Waals surface area (Å²) in [6.45, 7) is 4.39. The Morgan fingerprint density at radius 2 is 2.13 bits per heavy atom. The van der Waals surface area contributed by atoms with Crippen molar-refractivity contribution in [2.45, 2.75) is 51.5 Å². The molecular formula is C11H23N3O. The third-order valence-electron chi connectivity index (χ3n) is 3.25. The lowest BCUT2D eigenvalue weighted by Crippen LogP contribution is -2.34. The van der Waals surface area contributed by atoms with Gasteiger partial charge >= 0.3 is 0 Å². The highest BCUT2D eigenvalue weighted by Crippen LogP contribution is 2.23. The van der Waals surface area contributed by atoms with Crippen LogP contribution in [0.25, 0.3) is 0 Å². The van der Waals surface area contributed by atoms with Gasteiger partial charge in [-0.25, -0.2) is 0 Å². The zero-order valence-corrected chi connectivity index (χ0v) is 9.65. The van der Waals surface area contributed by atoms with E-state index in [2.05, 4.69) is 17.0 Å². The Morgan fingerprint density at radius 3 is 2.67 bits per heavy atom. The first-order chi connectivity index (χ1) is 7.27. The van der Waals surface area contributed by atoms with Crippen molar-refractivity contribution in [2.24, 2.45) is 10.9 Å². The predicted molar refractivity (Wildman–Crippen MR) is 62.1 cm³/mol. The highest BCUT2D eigenvalue weighted by atomic mass is 16.4. The van der Waals surface area contributed by atoms with Gasteiger partial charge in [-0.15, -0.1) is 0 Å². The Bertz CT molecular complexity index is 200. The molecule has 1 aliphatic carbocycles. The van der Waals surface area contributed by atoms with Gasteiger partial charge in [0.05, 0.1) is 0 Å². The van der Waals surface area contributed by atoms with E-state index in [1.807, 2.05) is 0 Å². The number of oxime groups is 1. The second-order valence-corrected chi connectivity index (χ2v) is 4.26. The van der Waals surface area contributed by atoms with Crippen LogP contribution in [-0.2, 0) is 0 Å². The molecule has 0 heterocycles. The number of rotatable bonds is 6. The van der Waals surface area contributed by atoms with E-state index in [0.29, 0.717) is 12.3 Å². The van der Waals surface area contributed by atoms with Crippen LogP contribution >= 0.6 is 0 Å². The fourth-order valence-corrected chi connectivity index (χ4v) is 2.38. The molecule has 15 heavy (non-hydrogen) atoms. The van der Waals surface area contributed by atoms with Gasteiger partial charge in [0.2, 0.25) is 0 Å². The first-order valence-corrected chi connectivity index (χ1v) is 5.98. The zero-order valence-electron chi connectivity index (χ0n) is 9.65. The van der Waals surface area contributed by atoms with Crippen molar-refractivity contribution in [1.29, 1.82) is 0 Å². The summed E-state index contributed by atoms with van der Waals surface area (Å²) < 4.78 is 0. The van der Waals surface area contributed by atoms with Crippen molar-refractivity contribution < 1.29 is 5.21 Å². The largest absolute Gasteiger partial charge is 0.409 e. The Morgan fingerprint density at radius 1 is 1.47 bits per heavy atom. The van der Waals surface area contributed by atoms with E-state index in [1.54, 1.807) is 0 Å². The van der Waals surface area contributed by atoms with Crippen molar-refractivity contribution in [3.63, 3.8) is 0 Å². The van der Waals surface area contributed by atoms with Crippen molar-refractivity contribution in [2.75, 3.05) is 13.1 Å². The molecule has 0 saturated heterocycles. The van der Waals surface area contributed by atoms with Crippen LogP contribution in [0.15, 0.2) is 5.16 Å². The van der Waals surface area contributed by atoms with Crippen molar-refractivity contribution in [3.05, 3.63) is 0 Å². The molecule has 0 aromatic carbocycles. The Kier molecular flexibility index (Phi) is 5.47. The summed E-state index contributed by atoms with van der Waals surface area (Å²) in [4.78, 5) is 2.53. The molecule has 3 N–H and O–H groups in total. The molecule has 1 rings (SSSR count). The molecule has 0 aliphatic heterocycles. The standard InChI is InChI=1S/C11H23N3O/c1-2-14(10-6-3-4-7-10)9-5-8-11(12)13-15/h10,15H,2-9H2,1H3,(H2,12,13). The molecule has 1 fully saturated rings. The fourth-order valence-electron chi connectivity index (χ4n) is 2.38. The van der Waals surface area contributed by atoms with E-state index >= 15 is 0 Å². The molecular weight excluding hydrogens is 190 g/mol. The molecule has 0 radical (unpaired) electrons. The zero-order chi connectivity index (χ0) is 11.1. The van der Waals surface area contributed by atoms with Crippen LogP contribution in [0.3, 0.4) is 0 Å². The average Bonchev–Trinajstić information content (AvgIpc) is 2.77. The summed E-state index contributed by atoms with van der Waals surface area (Å²) in [6.07, 6.45) is 7.12. The van der Waals surface area contributed by atoms with E-state index in [-0.39, 0.29) is 0 Å². The summed E-state index contributed by atoms with van der Waals surface area (Å²) in [6, 6.07) is 0.780. The van der Waals surface area contributed by atoms with Gasteiger partial charge in [0, 0.05) is 12.5 Å². The highest BCUT2D eigenvalue weighted by Gasteiger charge is 2.20. The first-order valence-electron chi connectivity index (χ1n) is 5.98. The van der Waals surface area contributed by atoms with Crippen molar-refractivity contribution in [3.8, 4) is 0 Å². The summed E-state index contributed by atoms with van der Waals surface area (Å²) in [5.74, 6) is 0.345.